The average molecular weight is 305 g/mol. The second kappa shape index (κ2) is 7.26. The standard InChI is InChI=1S/C18H28N2S/c1-5-15(4)16-6-8-17(9-7-16)19-18(21)20-11-13(2)10-14(3)12-20/h6-9,13-15H,5,10-12H2,1-4H3,(H,19,21). The monoisotopic (exact) mass is 304 g/mol. The van der Waals surface area contributed by atoms with E-state index in [-0.39, 0.29) is 0 Å². The summed E-state index contributed by atoms with van der Waals surface area (Å²) in [5.41, 5.74) is 2.49. The van der Waals surface area contributed by atoms with Gasteiger partial charge in [0.2, 0.25) is 0 Å². The molecule has 2 nitrogen and oxygen atoms in total. The third-order valence-electron chi connectivity index (χ3n) is 4.50. The van der Waals surface area contributed by atoms with Gasteiger partial charge in [-0.1, -0.05) is 39.8 Å². The van der Waals surface area contributed by atoms with Gasteiger partial charge in [0.15, 0.2) is 5.11 Å². The SMILES string of the molecule is CCC(C)c1ccc(NC(=S)N2CC(C)CC(C)C2)cc1. The van der Waals surface area contributed by atoms with Crippen molar-refractivity contribution in [1.29, 1.82) is 0 Å². The van der Waals surface area contributed by atoms with Crippen LogP contribution in [0.15, 0.2) is 24.3 Å². The number of anilines is 1. The van der Waals surface area contributed by atoms with Gasteiger partial charge in [-0.2, -0.15) is 0 Å². The number of nitrogens with one attached hydrogen (secondary N) is 1. The highest BCUT2D eigenvalue weighted by molar-refractivity contribution is 7.80. The highest BCUT2D eigenvalue weighted by atomic mass is 32.1. The van der Waals surface area contributed by atoms with Gasteiger partial charge < -0.3 is 10.2 Å². The van der Waals surface area contributed by atoms with E-state index < -0.39 is 0 Å². The van der Waals surface area contributed by atoms with Gasteiger partial charge in [-0.05, 0) is 60.5 Å². The highest BCUT2D eigenvalue weighted by Crippen LogP contribution is 2.23. The number of hydrogen-bond acceptors (Lipinski definition) is 1. The molecule has 1 aromatic rings. The number of benzene rings is 1. The van der Waals surface area contributed by atoms with Crippen LogP contribution < -0.4 is 5.32 Å². The van der Waals surface area contributed by atoms with Crippen LogP contribution in [-0.4, -0.2) is 23.1 Å². The van der Waals surface area contributed by atoms with Crippen molar-refractivity contribution in [3.05, 3.63) is 29.8 Å². The first-order valence-corrected chi connectivity index (χ1v) is 8.56. The third kappa shape index (κ3) is 4.44. The predicted octanol–water partition coefficient (Wildman–Crippen LogP) is 4.87. The number of piperidine rings is 1. The Labute approximate surface area is 134 Å². The second-order valence-electron chi connectivity index (χ2n) is 6.71. The molecule has 0 amide bonds. The maximum atomic E-state index is 5.58. The first-order valence-electron chi connectivity index (χ1n) is 8.15. The van der Waals surface area contributed by atoms with Crippen LogP contribution >= 0.6 is 12.2 Å². The Hall–Kier alpha value is -1.09. The number of likely N-dealkylation sites (tertiary alicyclic amines) is 1. The number of nitrogens with zero attached hydrogens (tertiary/aromatic N) is 1. The van der Waals surface area contributed by atoms with Crippen LogP contribution in [0.4, 0.5) is 5.69 Å². The van der Waals surface area contributed by atoms with Crippen molar-refractivity contribution in [3.63, 3.8) is 0 Å². The van der Waals surface area contributed by atoms with Crippen molar-refractivity contribution >= 4 is 23.0 Å². The molecule has 0 radical (unpaired) electrons. The van der Waals surface area contributed by atoms with E-state index in [2.05, 4.69) is 62.2 Å². The molecule has 3 unspecified atom stereocenters. The highest BCUT2D eigenvalue weighted by Gasteiger charge is 2.23. The Morgan fingerprint density at radius 2 is 1.81 bits per heavy atom. The summed E-state index contributed by atoms with van der Waals surface area (Å²) in [6.07, 6.45) is 2.48. The lowest BCUT2D eigenvalue weighted by atomic mass is 9.92. The lowest BCUT2D eigenvalue weighted by molar-refractivity contribution is 0.216. The van der Waals surface area contributed by atoms with E-state index in [1.807, 2.05) is 0 Å². The number of thiocarbonyl (C=S) groups is 1. The Balaban J connectivity index is 1.96. The van der Waals surface area contributed by atoms with Gasteiger partial charge in [-0.25, -0.2) is 0 Å². The van der Waals surface area contributed by atoms with Crippen LogP contribution in [0.25, 0.3) is 0 Å². The van der Waals surface area contributed by atoms with Crippen LogP contribution in [0.2, 0.25) is 0 Å². The molecule has 1 aromatic carbocycles. The molecule has 1 saturated heterocycles. The molecule has 0 spiro atoms. The molecular formula is C18H28N2S. The maximum absolute atomic E-state index is 5.58. The summed E-state index contributed by atoms with van der Waals surface area (Å²) in [6, 6.07) is 8.70. The van der Waals surface area contributed by atoms with Crippen molar-refractivity contribution in [2.45, 2.75) is 46.5 Å². The van der Waals surface area contributed by atoms with Gasteiger partial charge in [0.25, 0.3) is 0 Å². The zero-order valence-electron chi connectivity index (χ0n) is 13.7. The van der Waals surface area contributed by atoms with E-state index in [9.17, 15) is 0 Å². The lowest BCUT2D eigenvalue weighted by Gasteiger charge is -2.36. The number of hydrogen-bond donors (Lipinski definition) is 1. The minimum atomic E-state index is 0.620. The summed E-state index contributed by atoms with van der Waals surface area (Å²) in [4.78, 5) is 2.32. The van der Waals surface area contributed by atoms with Crippen LogP contribution in [0, 0.1) is 11.8 Å². The predicted molar refractivity (Wildman–Crippen MR) is 95.9 cm³/mol. The van der Waals surface area contributed by atoms with E-state index in [4.69, 9.17) is 12.2 Å². The summed E-state index contributed by atoms with van der Waals surface area (Å²) < 4.78 is 0. The molecule has 116 valence electrons. The molecule has 0 saturated carbocycles. The van der Waals surface area contributed by atoms with Crippen LogP contribution in [0.1, 0.15) is 52.0 Å². The average Bonchev–Trinajstić information content (AvgIpc) is 2.46. The van der Waals surface area contributed by atoms with Crippen molar-refractivity contribution in [1.82, 2.24) is 4.90 Å². The Morgan fingerprint density at radius 3 is 2.33 bits per heavy atom. The molecule has 3 atom stereocenters. The fraction of sp³-hybridized carbons (Fsp3) is 0.611. The third-order valence-corrected chi connectivity index (χ3v) is 4.86. The van der Waals surface area contributed by atoms with Gasteiger partial charge in [0, 0.05) is 18.8 Å². The van der Waals surface area contributed by atoms with E-state index in [1.165, 1.54) is 18.4 Å². The van der Waals surface area contributed by atoms with E-state index in [0.29, 0.717) is 5.92 Å². The summed E-state index contributed by atoms with van der Waals surface area (Å²) in [5.74, 6) is 2.07. The lowest BCUT2D eigenvalue weighted by Crippen LogP contribution is -2.44. The van der Waals surface area contributed by atoms with Gasteiger partial charge in [-0.3, -0.25) is 0 Å². The minimum absolute atomic E-state index is 0.620. The molecule has 21 heavy (non-hydrogen) atoms. The van der Waals surface area contributed by atoms with E-state index in [1.54, 1.807) is 0 Å². The fourth-order valence-electron chi connectivity index (χ4n) is 3.16. The quantitative estimate of drug-likeness (QED) is 0.802. The number of rotatable bonds is 3. The molecule has 0 aliphatic carbocycles. The molecule has 1 heterocycles. The zero-order chi connectivity index (χ0) is 15.4. The molecular weight excluding hydrogens is 276 g/mol. The summed E-state index contributed by atoms with van der Waals surface area (Å²) in [6.45, 7) is 11.3. The van der Waals surface area contributed by atoms with Crippen molar-refractivity contribution in [2.75, 3.05) is 18.4 Å². The summed E-state index contributed by atoms with van der Waals surface area (Å²) in [7, 11) is 0. The molecule has 3 heteroatoms. The molecule has 1 N–H and O–H groups in total. The maximum Gasteiger partial charge on any atom is 0.173 e. The molecule has 0 bridgehead atoms. The summed E-state index contributed by atoms with van der Waals surface area (Å²) >= 11 is 5.58. The first-order chi connectivity index (χ1) is 9.99. The van der Waals surface area contributed by atoms with Crippen LogP contribution in [-0.2, 0) is 0 Å². The topological polar surface area (TPSA) is 15.3 Å². The summed E-state index contributed by atoms with van der Waals surface area (Å²) in [5, 5.41) is 4.26. The van der Waals surface area contributed by atoms with Crippen molar-refractivity contribution in [3.8, 4) is 0 Å². The van der Waals surface area contributed by atoms with E-state index >= 15 is 0 Å². The van der Waals surface area contributed by atoms with Crippen LogP contribution in [0.3, 0.4) is 0 Å². The smallest absolute Gasteiger partial charge is 0.173 e. The van der Waals surface area contributed by atoms with Gasteiger partial charge in [-0.15, -0.1) is 0 Å². The van der Waals surface area contributed by atoms with Gasteiger partial charge in [0.1, 0.15) is 0 Å². The molecule has 0 aromatic heterocycles. The fourth-order valence-corrected chi connectivity index (χ4v) is 3.43. The normalized spacial score (nSPS) is 23.7. The van der Waals surface area contributed by atoms with Gasteiger partial charge in [0.05, 0.1) is 0 Å². The van der Waals surface area contributed by atoms with Crippen molar-refractivity contribution < 1.29 is 0 Å². The Morgan fingerprint density at radius 1 is 1.24 bits per heavy atom. The zero-order valence-corrected chi connectivity index (χ0v) is 14.5. The minimum Gasteiger partial charge on any atom is -0.348 e. The van der Waals surface area contributed by atoms with Crippen molar-refractivity contribution in [2.24, 2.45) is 11.8 Å². The van der Waals surface area contributed by atoms with Crippen LogP contribution in [0.5, 0.6) is 0 Å². The second-order valence-corrected chi connectivity index (χ2v) is 7.10. The van der Waals surface area contributed by atoms with E-state index in [0.717, 1.165) is 35.7 Å². The largest absolute Gasteiger partial charge is 0.348 e. The van der Waals surface area contributed by atoms with Gasteiger partial charge >= 0.3 is 0 Å². The molecule has 1 aliphatic heterocycles. The Bertz CT molecular complexity index is 459. The molecule has 1 aliphatic rings. The molecule has 1 fully saturated rings. The molecule has 2 rings (SSSR count). The Kier molecular flexibility index (Phi) is 5.63. The first kappa shape index (κ1) is 16.3.